The summed E-state index contributed by atoms with van der Waals surface area (Å²) in [6.45, 7) is 2.98. The molecule has 1 N–H and O–H groups in total. The molecule has 1 fully saturated rings. The summed E-state index contributed by atoms with van der Waals surface area (Å²) in [5, 5.41) is 6.43. The van der Waals surface area contributed by atoms with Gasteiger partial charge in [-0.25, -0.2) is 9.18 Å². The molecule has 1 aliphatic heterocycles. The van der Waals surface area contributed by atoms with Crippen molar-refractivity contribution in [1.29, 1.82) is 0 Å². The van der Waals surface area contributed by atoms with Crippen LogP contribution in [-0.4, -0.2) is 53.1 Å². The molecule has 3 rings (SSSR count). The number of hydrogen-bond acceptors (Lipinski definition) is 4. The van der Waals surface area contributed by atoms with E-state index in [-0.39, 0.29) is 29.7 Å². The summed E-state index contributed by atoms with van der Waals surface area (Å²) in [6, 6.07) is 3.79. The average molecular weight is 367 g/mol. The molecule has 7 nitrogen and oxygen atoms in total. The molecule has 0 radical (unpaired) electrons. The summed E-state index contributed by atoms with van der Waals surface area (Å²) in [5.41, 5.74) is 0.580. The fourth-order valence-corrected chi connectivity index (χ4v) is 2.80. The lowest BCUT2D eigenvalue weighted by Gasteiger charge is -2.34. The molecule has 0 bridgehead atoms. The van der Waals surface area contributed by atoms with Crippen LogP contribution in [-0.2, 0) is 0 Å². The Hall–Kier alpha value is -2.61. The van der Waals surface area contributed by atoms with Gasteiger partial charge in [0.2, 0.25) is 0 Å². The monoisotopic (exact) mass is 366 g/mol. The van der Waals surface area contributed by atoms with Gasteiger partial charge in [-0.15, -0.1) is 0 Å². The van der Waals surface area contributed by atoms with E-state index in [0.717, 1.165) is 5.56 Å². The summed E-state index contributed by atoms with van der Waals surface area (Å²) in [5.74, 6) is -0.767. The highest BCUT2D eigenvalue weighted by molar-refractivity contribution is 6.33. The second-order valence-corrected chi connectivity index (χ2v) is 6.06. The minimum absolute atomic E-state index is 0.0756. The maximum Gasteiger partial charge on any atom is 0.323 e. The van der Waals surface area contributed by atoms with Crippen LogP contribution in [0.15, 0.2) is 29.0 Å². The van der Waals surface area contributed by atoms with Crippen LogP contribution >= 0.6 is 11.6 Å². The average Bonchev–Trinajstić information content (AvgIpc) is 2.99. The number of aryl methyl sites for hydroxylation is 1. The first-order valence-corrected chi connectivity index (χ1v) is 8.05. The normalized spacial score (nSPS) is 14.5. The van der Waals surface area contributed by atoms with Crippen LogP contribution in [0, 0.1) is 12.7 Å². The van der Waals surface area contributed by atoms with Crippen LogP contribution in [0.4, 0.5) is 15.0 Å². The van der Waals surface area contributed by atoms with Gasteiger partial charge in [-0.05, 0) is 19.1 Å². The summed E-state index contributed by atoms with van der Waals surface area (Å²) in [7, 11) is 0. The number of benzene rings is 1. The van der Waals surface area contributed by atoms with Gasteiger partial charge in [0, 0.05) is 31.7 Å². The van der Waals surface area contributed by atoms with Crippen LogP contribution in [0.3, 0.4) is 0 Å². The first-order valence-electron chi connectivity index (χ1n) is 7.67. The molecule has 132 valence electrons. The first kappa shape index (κ1) is 17.2. The van der Waals surface area contributed by atoms with Crippen LogP contribution in [0.2, 0.25) is 5.02 Å². The van der Waals surface area contributed by atoms with Gasteiger partial charge in [-0.3, -0.25) is 10.1 Å². The fourth-order valence-electron chi connectivity index (χ4n) is 2.56. The van der Waals surface area contributed by atoms with Gasteiger partial charge in [-0.1, -0.05) is 22.8 Å². The molecule has 9 heteroatoms. The quantitative estimate of drug-likeness (QED) is 0.886. The number of carbonyl (C=O) groups excluding carboxylic acids is 2. The second kappa shape index (κ2) is 7.10. The van der Waals surface area contributed by atoms with Crippen LogP contribution in [0.1, 0.15) is 15.9 Å². The van der Waals surface area contributed by atoms with Crippen molar-refractivity contribution in [2.24, 2.45) is 0 Å². The van der Waals surface area contributed by atoms with Crippen molar-refractivity contribution < 1.29 is 18.5 Å². The van der Waals surface area contributed by atoms with Crippen molar-refractivity contribution in [2.75, 3.05) is 31.5 Å². The third-order valence-corrected chi connectivity index (χ3v) is 4.32. The van der Waals surface area contributed by atoms with Gasteiger partial charge in [0.05, 0.1) is 10.6 Å². The highest BCUT2D eigenvalue weighted by Crippen LogP contribution is 2.21. The summed E-state index contributed by atoms with van der Waals surface area (Å²) in [6.07, 6.45) is 1.43. The fraction of sp³-hybridized carbons (Fsp3) is 0.312. The Morgan fingerprint density at radius 2 is 1.92 bits per heavy atom. The Kier molecular flexibility index (Phi) is 4.89. The van der Waals surface area contributed by atoms with Crippen molar-refractivity contribution in [3.05, 3.63) is 46.4 Å². The zero-order valence-electron chi connectivity index (χ0n) is 13.5. The Morgan fingerprint density at radius 3 is 2.52 bits per heavy atom. The standard InChI is InChI=1S/C16H16ClFN4O3/c1-10-9-25-20-14(10)19-16(24)22-7-5-21(6-8-22)15(23)13-11(17)3-2-4-12(13)18/h2-4,9H,5-8H2,1H3,(H,19,20,24). The van der Waals surface area contributed by atoms with E-state index < -0.39 is 11.7 Å². The molecule has 2 heterocycles. The Labute approximate surface area is 148 Å². The largest absolute Gasteiger partial charge is 0.362 e. The SMILES string of the molecule is Cc1conc1NC(=O)N1CCN(C(=O)c2c(F)cccc2Cl)CC1. The zero-order valence-corrected chi connectivity index (χ0v) is 14.2. The highest BCUT2D eigenvalue weighted by Gasteiger charge is 2.28. The third kappa shape index (κ3) is 3.58. The number of halogens is 2. The molecule has 0 spiro atoms. The molecule has 3 amide bonds. The van der Waals surface area contributed by atoms with E-state index in [9.17, 15) is 14.0 Å². The van der Waals surface area contributed by atoms with Gasteiger partial charge < -0.3 is 14.3 Å². The molecular weight excluding hydrogens is 351 g/mol. The van der Waals surface area contributed by atoms with E-state index in [1.54, 1.807) is 11.8 Å². The number of anilines is 1. The smallest absolute Gasteiger partial charge is 0.323 e. The van der Waals surface area contributed by atoms with Crippen molar-refractivity contribution in [1.82, 2.24) is 15.0 Å². The van der Waals surface area contributed by atoms with E-state index >= 15 is 0 Å². The number of rotatable bonds is 2. The third-order valence-electron chi connectivity index (χ3n) is 4.00. The van der Waals surface area contributed by atoms with Gasteiger partial charge in [0.1, 0.15) is 12.1 Å². The van der Waals surface area contributed by atoms with E-state index in [1.807, 2.05) is 0 Å². The van der Waals surface area contributed by atoms with Crippen LogP contribution in [0.5, 0.6) is 0 Å². The number of carbonyl (C=O) groups is 2. The summed E-state index contributed by atoms with van der Waals surface area (Å²) >= 11 is 5.94. The molecule has 0 saturated carbocycles. The molecule has 0 unspecified atom stereocenters. The maximum atomic E-state index is 13.9. The molecular formula is C16H16ClFN4O3. The molecule has 0 atom stereocenters. The first-order chi connectivity index (χ1) is 12.0. The van der Waals surface area contributed by atoms with Crippen molar-refractivity contribution in [3.8, 4) is 0 Å². The molecule has 1 aromatic heterocycles. The predicted molar refractivity (Wildman–Crippen MR) is 89.1 cm³/mol. The number of nitrogens with zero attached hydrogens (tertiary/aromatic N) is 3. The Morgan fingerprint density at radius 1 is 1.24 bits per heavy atom. The minimum Gasteiger partial charge on any atom is -0.362 e. The topological polar surface area (TPSA) is 78.7 Å². The zero-order chi connectivity index (χ0) is 18.0. The second-order valence-electron chi connectivity index (χ2n) is 5.65. The molecule has 1 aromatic carbocycles. The number of amides is 3. The van der Waals surface area contributed by atoms with Crippen molar-refractivity contribution in [2.45, 2.75) is 6.92 Å². The van der Waals surface area contributed by atoms with E-state index in [2.05, 4.69) is 10.5 Å². The van der Waals surface area contributed by atoms with Gasteiger partial charge in [-0.2, -0.15) is 0 Å². The van der Waals surface area contributed by atoms with Gasteiger partial charge in [0.25, 0.3) is 5.91 Å². The summed E-state index contributed by atoms with van der Waals surface area (Å²) < 4.78 is 18.7. The lowest BCUT2D eigenvalue weighted by Crippen LogP contribution is -2.51. The van der Waals surface area contributed by atoms with Crippen molar-refractivity contribution >= 4 is 29.4 Å². The van der Waals surface area contributed by atoms with E-state index in [1.165, 1.54) is 29.4 Å². The van der Waals surface area contributed by atoms with Crippen molar-refractivity contribution in [3.63, 3.8) is 0 Å². The van der Waals surface area contributed by atoms with Crippen LogP contribution in [0.25, 0.3) is 0 Å². The molecule has 1 saturated heterocycles. The highest BCUT2D eigenvalue weighted by atomic mass is 35.5. The molecule has 2 aromatic rings. The number of nitrogens with one attached hydrogen (secondary N) is 1. The number of hydrogen-bond donors (Lipinski definition) is 1. The van der Waals surface area contributed by atoms with Crippen LogP contribution < -0.4 is 5.32 Å². The van der Waals surface area contributed by atoms with Gasteiger partial charge >= 0.3 is 6.03 Å². The predicted octanol–water partition coefficient (Wildman–Crippen LogP) is 2.77. The number of piperazine rings is 1. The van der Waals surface area contributed by atoms with Gasteiger partial charge in [0.15, 0.2) is 5.82 Å². The lowest BCUT2D eigenvalue weighted by atomic mass is 10.1. The Bertz CT molecular complexity index is 782. The van der Waals surface area contributed by atoms with E-state index in [4.69, 9.17) is 16.1 Å². The minimum atomic E-state index is -0.654. The lowest BCUT2D eigenvalue weighted by molar-refractivity contribution is 0.0667. The Balaban J connectivity index is 1.61. The molecule has 25 heavy (non-hydrogen) atoms. The molecule has 0 aliphatic carbocycles. The number of urea groups is 1. The van der Waals surface area contributed by atoms with E-state index in [0.29, 0.717) is 18.9 Å². The summed E-state index contributed by atoms with van der Waals surface area (Å²) in [4.78, 5) is 27.7. The molecule has 1 aliphatic rings. The number of aromatic nitrogens is 1. The maximum absolute atomic E-state index is 13.9.